The molecule has 7 nitrogen and oxygen atoms in total. The van der Waals surface area contributed by atoms with Gasteiger partial charge in [0.2, 0.25) is 0 Å². The van der Waals surface area contributed by atoms with Gasteiger partial charge < -0.3 is 10.4 Å². The van der Waals surface area contributed by atoms with E-state index >= 15 is 0 Å². The summed E-state index contributed by atoms with van der Waals surface area (Å²) in [5.41, 5.74) is 1.52. The third-order valence-electron chi connectivity index (χ3n) is 3.47. The number of nitrogens with zero attached hydrogens (tertiary/aromatic N) is 2. The normalized spacial score (nSPS) is 11.0. The van der Waals surface area contributed by atoms with Gasteiger partial charge in [0.25, 0.3) is 5.56 Å². The molecule has 1 aromatic carbocycles. The van der Waals surface area contributed by atoms with Gasteiger partial charge in [0, 0.05) is 12.7 Å². The van der Waals surface area contributed by atoms with E-state index in [4.69, 9.17) is 5.11 Å². The monoisotopic (exact) mass is 332 g/mol. The lowest BCUT2D eigenvalue weighted by Crippen LogP contribution is -2.33. The predicted molar refractivity (Wildman–Crippen MR) is 90.1 cm³/mol. The Kier molecular flexibility index (Phi) is 4.26. The minimum atomic E-state index is -0.525. The van der Waals surface area contributed by atoms with Crippen molar-refractivity contribution in [3.8, 4) is 0 Å². The summed E-state index contributed by atoms with van der Waals surface area (Å²) in [4.78, 5) is 30.2. The molecule has 0 fully saturated rings. The number of fused-ring (bicyclic) bond motifs is 1. The van der Waals surface area contributed by atoms with E-state index in [0.29, 0.717) is 10.7 Å². The van der Waals surface area contributed by atoms with Gasteiger partial charge in [-0.2, -0.15) is 0 Å². The summed E-state index contributed by atoms with van der Waals surface area (Å²) in [6.07, 6.45) is 1.46. The van der Waals surface area contributed by atoms with Crippen LogP contribution in [0.3, 0.4) is 0 Å². The molecule has 23 heavy (non-hydrogen) atoms. The Morgan fingerprint density at radius 1 is 1.39 bits per heavy atom. The van der Waals surface area contributed by atoms with Crippen molar-refractivity contribution in [2.45, 2.75) is 20.0 Å². The summed E-state index contributed by atoms with van der Waals surface area (Å²) in [5.74, 6) is 0. The number of aromatic amines is 1. The summed E-state index contributed by atoms with van der Waals surface area (Å²) in [6.45, 7) is 2.25. The summed E-state index contributed by atoms with van der Waals surface area (Å²) in [7, 11) is 0. The second-order valence-corrected chi connectivity index (χ2v) is 6.13. The van der Waals surface area contributed by atoms with Crippen molar-refractivity contribution in [2.24, 2.45) is 0 Å². The number of rotatable bonds is 5. The summed E-state index contributed by atoms with van der Waals surface area (Å²) in [6, 6.07) is 5.93. The smallest absolute Gasteiger partial charge is 0.328 e. The second-order valence-electron chi connectivity index (χ2n) is 5.13. The quantitative estimate of drug-likeness (QED) is 0.649. The first-order valence-electron chi connectivity index (χ1n) is 7.12. The number of aliphatic hydroxyl groups excluding tert-OH is 1. The molecule has 120 valence electrons. The number of aromatic nitrogens is 3. The standard InChI is InChI=1S/C15H16N4O3S/c1-9-3-2-4-11-12(9)23-14(17-11)16-7-10-8-19(5-6-20)15(22)18-13(10)21/h2-4,8,20H,5-7H2,1H3,(H,16,17)(H,18,21,22). The minimum absolute atomic E-state index is 0.142. The van der Waals surface area contributed by atoms with Crippen molar-refractivity contribution >= 4 is 26.7 Å². The third-order valence-corrected chi connectivity index (χ3v) is 4.63. The molecule has 3 N–H and O–H groups in total. The number of hydrogen-bond acceptors (Lipinski definition) is 6. The van der Waals surface area contributed by atoms with Gasteiger partial charge >= 0.3 is 5.69 Å². The van der Waals surface area contributed by atoms with E-state index in [-0.39, 0.29) is 19.7 Å². The molecule has 0 amide bonds. The first kappa shape index (κ1) is 15.4. The van der Waals surface area contributed by atoms with Gasteiger partial charge in [0.1, 0.15) is 0 Å². The van der Waals surface area contributed by atoms with Gasteiger partial charge in [-0.3, -0.25) is 14.3 Å². The molecule has 2 aromatic heterocycles. The van der Waals surface area contributed by atoms with E-state index in [9.17, 15) is 9.59 Å². The molecular weight excluding hydrogens is 316 g/mol. The Bertz CT molecular complexity index is 957. The highest BCUT2D eigenvalue weighted by Gasteiger charge is 2.08. The van der Waals surface area contributed by atoms with Gasteiger partial charge in [-0.15, -0.1) is 0 Å². The first-order valence-corrected chi connectivity index (χ1v) is 7.93. The zero-order chi connectivity index (χ0) is 16.4. The van der Waals surface area contributed by atoms with Crippen LogP contribution in [0.2, 0.25) is 0 Å². The maximum atomic E-state index is 11.9. The molecule has 2 heterocycles. The van der Waals surface area contributed by atoms with Gasteiger partial charge in [-0.25, -0.2) is 9.78 Å². The molecule has 0 unspecified atom stereocenters. The fourth-order valence-corrected chi connectivity index (χ4v) is 3.22. The molecule has 0 aliphatic carbocycles. The summed E-state index contributed by atoms with van der Waals surface area (Å²) in [5, 5.41) is 12.8. The number of anilines is 1. The minimum Gasteiger partial charge on any atom is -0.395 e. The third kappa shape index (κ3) is 3.17. The Morgan fingerprint density at radius 2 is 2.22 bits per heavy atom. The van der Waals surface area contributed by atoms with E-state index in [2.05, 4.69) is 15.3 Å². The number of benzene rings is 1. The van der Waals surface area contributed by atoms with Gasteiger partial charge in [-0.1, -0.05) is 23.5 Å². The zero-order valence-corrected chi connectivity index (χ0v) is 13.3. The molecule has 0 atom stereocenters. The molecule has 3 aromatic rings. The van der Waals surface area contributed by atoms with Gasteiger partial charge in [0.05, 0.1) is 28.9 Å². The number of aryl methyl sites for hydroxylation is 1. The number of H-pyrrole nitrogens is 1. The first-order chi connectivity index (χ1) is 11.1. The molecule has 0 aliphatic heterocycles. The molecule has 0 bridgehead atoms. The molecule has 8 heteroatoms. The fraction of sp³-hybridized carbons (Fsp3) is 0.267. The van der Waals surface area contributed by atoms with Crippen LogP contribution in [0.15, 0.2) is 34.0 Å². The lowest BCUT2D eigenvalue weighted by molar-refractivity contribution is 0.273. The fourth-order valence-electron chi connectivity index (χ4n) is 2.29. The van der Waals surface area contributed by atoms with E-state index in [0.717, 1.165) is 15.8 Å². The molecule has 3 rings (SSSR count). The highest BCUT2D eigenvalue weighted by molar-refractivity contribution is 7.22. The van der Waals surface area contributed by atoms with Crippen molar-refractivity contribution in [2.75, 3.05) is 11.9 Å². The molecule has 0 radical (unpaired) electrons. The molecule has 0 saturated carbocycles. The average molecular weight is 332 g/mol. The van der Waals surface area contributed by atoms with Crippen LogP contribution in [0.1, 0.15) is 11.1 Å². The van der Waals surface area contributed by atoms with Crippen molar-refractivity contribution in [1.29, 1.82) is 0 Å². The molecule has 0 saturated heterocycles. The zero-order valence-electron chi connectivity index (χ0n) is 12.5. The Labute approximate surface area is 135 Å². The van der Waals surface area contributed by atoms with Crippen LogP contribution in [0.4, 0.5) is 5.13 Å². The van der Waals surface area contributed by atoms with Crippen LogP contribution >= 0.6 is 11.3 Å². The average Bonchev–Trinajstić information content (AvgIpc) is 2.93. The predicted octanol–water partition coefficient (Wildman–Crippen LogP) is 1.06. The Morgan fingerprint density at radius 3 is 2.96 bits per heavy atom. The van der Waals surface area contributed by atoms with Crippen molar-refractivity contribution in [3.05, 3.63) is 56.4 Å². The maximum Gasteiger partial charge on any atom is 0.328 e. The largest absolute Gasteiger partial charge is 0.395 e. The molecular formula is C15H16N4O3S. The van der Waals surface area contributed by atoms with E-state index in [1.54, 1.807) is 0 Å². The number of nitrogens with one attached hydrogen (secondary N) is 2. The number of thiazole rings is 1. The van der Waals surface area contributed by atoms with Crippen LogP contribution in [0.5, 0.6) is 0 Å². The van der Waals surface area contributed by atoms with Crippen molar-refractivity contribution < 1.29 is 5.11 Å². The van der Waals surface area contributed by atoms with Crippen LogP contribution in [0.25, 0.3) is 10.2 Å². The van der Waals surface area contributed by atoms with Gasteiger partial charge in [0.15, 0.2) is 5.13 Å². The maximum absolute atomic E-state index is 11.9. The lowest BCUT2D eigenvalue weighted by Gasteiger charge is -2.06. The van der Waals surface area contributed by atoms with Crippen molar-refractivity contribution in [3.63, 3.8) is 0 Å². The Hall–Kier alpha value is -2.45. The number of aliphatic hydroxyl groups is 1. The molecule has 0 spiro atoms. The van der Waals surface area contributed by atoms with Crippen molar-refractivity contribution in [1.82, 2.24) is 14.5 Å². The number of hydrogen-bond donors (Lipinski definition) is 3. The summed E-state index contributed by atoms with van der Waals surface area (Å²) >= 11 is 1.52. The van der Waals surface area contributed by atoms with Crippen LogP contribution in [-0.4, -0.2) is 26.2 Å². The van der Waals surface area contributed by atoms with Crippen LogP contribution in [0, 0.1) is 6.92 Å². The Balaban J connectivity index is 1.84. The molecule has 0 aliphatic rings. The summed E-state index contributed by atoms with van der Waals surface area (Å²) < 4.78 is 2.38. The van der Waals surface area contributed by atoms with E-state index < -0.39 is 11.2 Å². The lowest BCUT2D eigenvalue weighted by atomic mass is 10.2. The van der Waals surface area contributed by atoms with Crippen LogP contribution in [-0.2, 0) is 13.1 Å². The van der Waals surface area contributed by atoms with Gasteiger partial charge in [-0.05, 0) is 18.6 Å². The van der Waals surface area contributed by atoms with E-state index in [1.165, 1.54) is 22.1 Å². The topological polar surface area (TPSA) is 100 Å². The second kappa shape index (κ2) is 6.35. The highest BCUT2D eigenvalue weighted by atomic mass is 32.1. The van der Waals surface area contributed by atoms with Crippen LogP contribution < -0.4 is 16.6 Å². The SMILES string of the molecule is Cc1cccc2nc(NCc3cn(CCO)c(=O)[nH]c3=O)sc12. The van der Waals surface area contributed by atoms with E-state index in [1.807, 2.05) is 25.1 Å². The highest BCUT2D eigenvalue weighted by Crippen LogP contribution is 2.28.